The van der Waals surface area contributed by atoms with Crippen molar-refractivity contribution in [2.45, 2.75) is 51.5 Å². The first-order valence-corrected chi connectivity index (χ1v) is 16.2. The molecule has 0 fully saturated rings. The zero-order valence-corrected chi connectivity index (χ0v) is 26.6. The Balaban J connectivity index is 1.24. The summed E-state index contributed by atoms with van der Waals surface area (Å²) >= 11 is 0. The van der Waals surface area contributed by atoms with Crippen molar-refractivity contribution in [1.82, 2.24) is 0 Å². The predicted molar refractivity (Wildman–Crippen MR) is 195 cm³/mol. The van der Waals surface area contributed by atoms with Gasteiger partial charge in [0.15, 0.2) is 0 Å². The molecule has 0 bridgehead atoms. The molecule has 0 N–H and O–H groups in total. The van der Waals surface area contributed by atoms with Gasteiger partial charge in [-0.05, 0) is 103 Å². The highest BCUT2D eigenvalue weighted by molar-refractivity contribution is 5.77. The summed E-state index contributed by atoms with van der Waals surface area (Å²) in [5.74, 6) is 0.398. The molecule has 1 nitrogen and oxygen atoms in total. The van der Waals surface area contributed by atoms with Crippen molar-refractivity contribution in [1.29, 1.82) is 0 Å². The maximum absolute atomic E-state index is 3.93. The van der Waals surface area contributed by atoms with Crippen LogP contribution in [0.15, 0.2) is 158 Å². The minimum atomic E-state index is 0.0745. The number of allylic oxidation sites excluding steroid dienone is 8. The molecule has 0 aliphatic heterocycles. The van der Waals surface area contributed by atoms with Crippen LogP contribution in [-0.2, 0) is 6.42 Å². The minimum Gasteiger partial charge on any atom is -0.331 e. The van der Waals surface area contributed by atoms with Gasteiger partial charge in [0.25, 0.3) is 0 Å². The minimum absolute atomic E-state index is 0.0745. The Morgan fingerprint density at radius 2 is 1.58 bits per heavy atom. The van der Waals surface area contributed by atoms with Gasteiger partial charge in [-0.3, -0.25) is 0 Å². The Bertz CT molecular complexity index is 1780. The van der Waals surface area contributed by atoms with Crippen LogP contribution in [0.4, 0.5) is 11.4 Å². The van der Waals surface area contributed by atoms with Crippen LogP contribution in [0, 0.1) is 13.8 Å². The fourth-order valence-electron chi connectivity index (χ4n) is 6.51. The van der Waals surface area contributed by atoms with E-state index in [9.17, 15) is 0 Å². The van der Waals surface area contributed by atoms with Crippen molar-refractivity contribution in [3.8, 4) is 0 Å². The molecule has 4 aromatic carbocycles. The number of hydrogen-bond acceptors (Lipinski definition) is 1. The Labute approximate surface area is 270 Å². The zero-order chi connectivity index (χ0) is 31.0. The summed E-state index contributed by atoms with van der Waals surface area (Å²) in [6.07, 6.45) is 24.8. The van der Waals surface area contributed by atoms with E-state index in [1.165, 1.54) is 44.7 Å². The van der Waals surface area contributed by atoms with Crippen molar-refractivity contribution in [2.75, 3.05) is 4.90 Å². The summed E-state index contributed by atoms with van der Waals surface area (Å²) in [6.45, 7) is 8.26. The van der Waals surface area contributed by atoms with Crippen LogP contribution >= 0.6 is 0 Å². The van der Waals surface area contributed by atoms with Crippen LogP contribution in [-0.4, -0.2) is 6.04 Å². The lowest BCUT2D eigenvalue weighted by molar-refractivity contribution is 0.706. The number of nitrogens with zero attached hydrogens (tertiary/aromatic N) is 1. The lowest BCUT2D eigenvalue weighted by atomic mass is 9.83. The maximum Gasteiger partial charge on any atom is 0.0712 e. The molecule has 2 unspecified atom stereocenters. The molecule has 2 aliphatic carbocycles. The highest BCUT2D eigenvalue weighted by Gasteiger charge is 2.19. The van der Waals surface area contributed by atoms with Crippen LogP contribution < -0.4 is 4.90 Å². The first-order chi connectivity index (χ1) is 22.1. The van der Waals surface area contributed by atoms with Gasteiger partial charge in [0.1, 0.15) is 0 Å². The molecule has 4 aromatic rings. The first-order valence-electron chi connectivity index (χ1n) is 16.2. The van der Waals surface area contributed by atoms with E-state index in [0.717, 1.165) is 36.9 Å². The predicted octanol–water partition coefficient (Wildman–Crippen LogP) is 11.7. The summed E-state index contributed by atoms with van der Waals surface area (Å²) in [4.78, 5) is 2.40. The zero-order valence-electron chi connectivity index (χ0n) is 26.6. The molecule has 0 spiro atoms. The lowest BCUT2D eigenvalue weighted by Gasteiger charge is -2.30. The van der Waals surface area contributed by atoms with Gasteiger partial charge in [-0.1, -0.05) is 140 Å². The molecule has 224 valence electrons. The van der Waals surface area contributed by atoms with Crippen LogP contribution in [0.3, 0.4) is 0 Å². The third kappa shape index (κ3) is 7.44. The number of benzene rings is 4. The van der Waals surface area contributed by atoms with E-state index in [0.29, 0.717) is 5.92 Å². The summed E-state index contributed by atoms with van der Waals surface area (Å²) < 4.78 is 0. The number of rotatable bonds is 10. The van der Waals surface area contributed by atoms with E-state index in [2.05, 4.69) is 171 Å². The second-order valence-corrected chi connectivity index (χ2v) is 12.2. The van der Waals surface area contributed by atoms with Crippen molar-refractivity contribution in [3.63, 3.8) is 0 Å². The number of hydrogen-bond donors (Lipinski definition) is 0. The summed E-state index contributed by atoms with van der Waals surface area (Å²) in [6, 6.07) is 35.7. The van der Waals surface area contributed by atoms with Crippen molar-refractivity contribution in [3.05, 3.63) is 191 Å². The summed E-state index contributed by atoms with van der Waals surface area (Å²) in [5.41, 5.74) is 12.8. The number of anilines is 2. The molecule has 45 heavy (non-hydrogen) atoms. The van der Waals surface area contributed by atoms with E-state index < -0.39 is 0 Å². The van der Waals surface area contributed by atoms with Gasteiger partial charge in [-0.2, -0.15) is 0 Å². The Morgan fingerprint density at radius 3 is 2.29 bits per heavy atom. The molecule has 0 aromatic heterocycles. The molecule has 6 rings (SSSR count). The topological polar surface area (TPSA) is 3.24 Å². The third-order valence-corrected chi connectivity index (χ3v) is 8.92. The highest BCUT2D eigenvalue weighted by Crippen LogP contribution is 2.35. The van der Waals surface area contributed by atoms with Gasteiger partial charge < -0.3 is 4.90 Å². The van der Waals surface area contributed by atoms with Gasteiger partial charge in [0, 0.05) is 17.3 Å². The molecule has 0 radical (unpaired) electrons. The Morgan fingerprint density at radius 1 is 0.800 bits per heavy atom. The number of aryl methyl sites for hydroxylation is 3. The summed E-state index contributed by atoms with van der Waals surface area (Å²) in [5, 5.41) is 0. The molecular weight excluding hydrogens is 542 g/mol. The lowest BCUT2D eigenvalue weighted by Crippen LogP contribution is -2.27. The van der Waals surface area contributed by atoms with Crippen LogP contribution in [0.5, 0.6) is 0 Å². The summed E-state index contributed by atoms with van der Waals surface area (Å²) in [7, 11) is 0. The molecule has 0 heterocycles. The Kier molecular flexibility index (Phi) is 9.56. The standard InChI is InChI=1S/C44H43N/c1-4-35-19-27-42(28-20-35)45(43-18-9-12-34(3)32-43)41-17-10-16-37(26-29-41)38-22-24-40(25-23-38)44(39-14-6-5-7-15-39)30-21-36-13-8-11-33(2)31-36/h4,6,8-20,22-29,31-32,41,44H,1,5,7,21,30H2,2-3H3. The molecule has 0 saturated heterocycles. The fraction of sp³-hybridized carbons (Fsp3) is 0.182. The van der Waals surface area contributed by atoms with Crippen LogP contribution in [0.2, 0.25) is 0 Å². The normalized spacial score (nSPS) is 16.4. The molecule has 2 atom stereocenters. The molecular formula is C44H43N. The first kappa shape index (κ1) is 30.2. The maximum atomic E-state index is 3.93. The van der Waals surface area contributed by atoms with Crippen LogP contribution in [0.1, 0.15) is 58.6 Å². The second kappa shape index (κ2) is 14.3. The van der Waals surface area contributed by atoms with E-state index in [4.69, 9.17) is 0 Å². The highest BCUT2D eigenvalue weighted by atomic mass is 15.2. The molecule has 2 aliphatic rings. The average molecular weight is 586 g/mol. The molecule has 0 saturated carbocycles. The van der Waals surface area contributed by atoms with Gasteiger partial charge in [-0.25, -0.2) is 0 Å². The van der Waals surface area contributed by atoms with E-state index >= 15 is 0 Å². The third-order valence-electron chi connectivity index (χ3n) is 8.92. The van der Waals surface area contributed by atoms with Crippen LogP contribution in [0.25, 0.3) is 11.6 Å². The largest absolute Gasteiger partial charge is 0.331 e. The SMILES string of the molecule is C=Cc1ccc(N(c2cccc(C)c2)C2C=CC=C(c3ccc(C(CCc4cccc(C)c4)C4=CCCC=C4)cc3)C=C2)cc1. The van der Waals surface area contributed by atoms with E-state index in [-0.39, 0.29) is 6.04 Å². The Hall–Kier alpha value is -4.88. The smallest absolute Gasteiger partial charge is 0.0712 e. The van der Waals surface area contributed by atoms with Crippen molar-refractivity contribution >= 4 is 23.0 Å². The van der Waals surface area contributed by atoms with Gasteiger partial charge >= 0.3 is 0 Å². The average Bonchev–Trinajstić information content (AvgIpc) is 3.32. The second-order valence-electron chi connectivity index (χ2n) is 12.2. The van der Waals surface area contributed by atoms with Gasteiger partial charge in [-0.15, -0.1) is 0 Å². The van der Waals surface area contributed by atoms with Gasteiger partial charge in [0.05, 0.1) is 6.04 Å². The van der Waals surface area contributed by atoms with E-state index in [1.807, 2.05) is 6.08 Å². The fourth-order valence-corrected chi connectivity index (χ4v) is 6.51. The monoisotopic (exact) mass is 585 g/mol. The van der Waals surface area contributed by atoms with Crippen molar-refractivity contribution in [2.24, 2.45) is 0 Å². The molecule has 0 amide bonds. The quantitative estimate of drug-likeness (QED) is 0.179. The van der Waals surface area contributed by atoms with Crippen molar-refractivity contribution < 1.29 is 0 Å². The van der Waals surface area contributed by atoms with Gasteiger partial charge in [0.2, 0.25) is 0 Å². The molecule has 1 heteroatoms. The van der Waals surface area contributed by atoms with E-state index in [1.54, 1.807) is 0 Å².